The average molecular weight is 555 g/mol. The van der Waals surface area contributed by atoms with Crippen LogP contribution in [0.1, 0.15) is 11.1 Å². The van der Waals surface area contributed by atoms with Crippen LogP contribution in [0.25, 0.3) is 28.1 Å². The highest BCUT2D eigenvalue weighted by Gasteiger charge is 2.69. The van der Waals surface area contributed by atoms with Crippen molar-refractivity contribution in [1.29, 1.82) is 0 Å². The summed E-state index contributed by atoms with van der Waals surface area (Å²) in [4.78, 5) is 2.53. The summed E-state index contributed by atoms with van der Waals surface area (Å²) in [6.07, 6.45) is 4.00. The third-order valence-corrected chi connectivity index (χ3v) is 10.4. The van der Waals surface area contributed by atoms with E-state index in [2.05, 4.69) is 9.25 Å². The van der Waals surface area contributed by atoms with E-state index in [1.165, 1.54) is 0 Å². The Balaban J connectivity index is 1.27. The van der Waals surface area contributed by atoms with Crippen LogP contribution in [-0.4, -0.2) is 18.3 Å². The van der Waals surface area contributed by atoms with Gasteiger partial charge in [-0.05, 0) is 53.3 Å². The molecule has 10 rings (SSSR count). The van der Waals surface area contributed by atoms with Crippen molar-refractivity contribution in [2.45, 2.75) is 15.5 Å². The number of pyridine rings is 1. The molecule has 0 radical (unpaired) electrons. The van der Waals surface area contributed by atoms with Gasteiger partial charge in [-0.2, -0.15) is 0 Å². The van der Waals surface area contributed by atoms with E-state index in [0.717, 1.165) is 33.7 Å². The van der Waals surface area contributed by atoms with E-state index in [1.807, 2.05) is 96.1 Å². The molecule has 1 spiro atoms. The minimum atomic E-state index is -3.62. The van der Waals surface area contributed by atoms with Crippen LogP contribution in [0, 0.1) is 0 Å². The molecule has 0 aliphatic carbocycles. The van der Waals surface area contributed by atoms with E-state index < -0.39 is 15.5 Å². The number of hydrogen-bond donors (Lipinski definition) is 0. The topological polar surface area (TPSA) is 78.2 Å². The molecule has 1 atom stereocenters. The first-order chi connectivity index (χ1) is 20.1. The number of fused-ring (bicyclic) bond motifs is 6. The molecule has 2 aromatic heterocycles. The van der Waals surface area contributed by atoms with E-state index in [1.54, 1.807) is 18.2 Å². The van der Waals surface area contributed by atoms with Crippen molar-refractivity contribution in [3.63, 3.8) is 0 Å². The van der Waals surface area contributed by atoms with Crippen LogP contribution in [0.4, 0.5) is 0 Å². The van der Waals surface area contributed by atoms with Gasteiger partial charge in [0.15, 0.2) is 29.3 Å². The van der Waals surface area contributed by atoms with Crippen LogP contribution in [0.2, 0.25) is 0 Å². The summed E-state index contributed by atoms with van der Waals surface area (Å²) in [6.45, 7) is 0. The van der Waals surface area contributed by atoms with Crippen molar-refractivity contribution in [2.24, 2.45) is 0 Å². The van der Waals surface area contributed by atoms with Gasteiger partial charge in [-0.1, -0.05) is 41.1 Å². The molecule has 41 heavy (non-hydrogen) atoms. The third kappa shape index (κ3) is 2.35. The fourth-order valence-electron chi connectivity index (χ4n) is 6.91. The van der Waals surface area contributed by atoms with Crippen LogP contribution in [0.5, 0.6) is 23.1 Å². The average Bonchev–Trinajstić information content (AvgIpc) is 3.62. The molecule has 9 heteroatoms. The Morgan fingerprint density at radius 2 is 1.49 bits per heavy atom. The Labute approximate surface area is 233 Å². The molecule has 6 heterocycles. The van der Waals surface area contributed by atoms with Gasteiger partial charge in [0, 0.05) is 22.8 Å². The molecule has 4 aliphatic rings. The molecule has 4 aromatic carbocycles. The largest absolute Gasteiger partial charge is 0.456 e. The zero-order chi connectivity index (χ0) is 27.1. The summed E-state index contributed by atoms with van der Waals surface area (Å²) in [7, 11) is -3.62. The molecule has 0 saturated heterocycles. The Morgan fingerprint density at radius 3 is 2.39 bits per heavy atom. The van der Waals surface area contributed by atoms with E-state index in [-0.39, 0.29) is 0 Å². The first-order valence-electron chi connectivity index (χ1n) is 13.2. The number of sulfone groups is 1. The van der Waals surface area contributed by atoms with Crippen molar-refractivity contribution >= 4 is 9.84 Å². The summed E-state index contributed by atoms with van der Waals surface area (Å²) in [5.74, 6) is 2.85. The van der Waals surface area contributed by atoms with Gasteiger partial charge in [-0.3, -0.25) is 0 Å². The standard InChI is InChI=1S/C32H18N4O4S/c37-41(38)27-12-2-1-7-20(27)21-15-14-19(17-28(21)41)22-18-35-32-30-23(36(35)33-22)8-5-9-24(30)39-25-10-6-11-26(31(25)32)40-29-13-3-4-16-34(29)32/h1-18H/q+2. The van der Waals surface area contributed by atoms with Gasteiger partial charge >= 0.3 is 11.5 Å². The van der Waals surface area contributed by atoms with Gasteiger partial charge in [0.05, 0.1) is 21.0 Å². The summed E-state index contributed by atoms with van der Waals surface area (Å²) in [5.41, 5.74) is 4.67. The zero-order valence-corrected chi connectivity index (χ0v) is 22.0. The maximum absolute atomic E-state index is 13.5. The molecular weight excluding hydrogens is 536 g/mol. The number of aromatic nitrogens is 4. The number of ether oxygens (including phenoxy) is 2. The first kappa shape index (κ1) is 21.5. The molecule has 0 bridgehead atoms. The molecule has 6 aromatic rings. The second-order valence-corrected chi connectivity index (χ2v) is 12.4. The van der Waals surface area contributed by atoms with E-state index >= 15 is 0 Å². The first-order valence-corrected chi connectivity index (χ1v) is 14.7. The SMILES string of the molecule is O=S1(=O)c2ccccc2-c2ccc(-c3c[n+]4n(n3)-c3cccc5c3C43c4c(cccc4Oc4cccc[n+]43)O5)cc21. The molecule has 0 fully saturated rings. The van der Waals surface area contributed by atoms with Crippen LogP contribution in [-0.2, 0) is 15.5 Å². The lowest BCUT2D eigenvalue weighted by molar-refractivity contribution is -0.998. The van der Waals surface area contributed by atoms with Gasteiger partial charge in [-0.15, -0.1) is 4.57 Å². The molecule has 0 amide bonds. The van der Waals surface area contributed by atoms with Gasteiger partial charge in [0.25, 0.3) is 0 Å². The maximum atomic E-state index is 13.5. The second kappa shape index (κ2) is 6.89. The highest BCUT2D eigenvalue weighted by atomic mass is 32.2. The molecule has 8 nitrogen and oxygen atoms in total. The second-order valence-electron chi connectivity index (χ2n) is 10.5. The summed E-state index contributed by atoms with van der Waals surface area (Å²) < 4.78 is 43.9. The minimum Gasteiger partial charge on any atom is -0.456 e. The van der Waals surface area contributed by atoms with Crippen molar-refractivity contribution < 1.29 is 27.1 Å². The lowest BCUT2D eigenvalue weighted by Crippen LogP contribution is -2.75. The maximum Gasteiger partial charge on any atom is 0.395 e. The van der Waals surface area contributed by atoms with Crippen LogP contribution >= 0.6 is 0 Å². The van der Waals surface area contributed by atoms with Crippen LogP contribution in [0.3, 0.4) is 0 Å². The molecule has 0 saturated carbocycles. The minimum absolute atomic E-state index is 0.305. The molecule has 0 N–H and O–H groups in total. The number of rotatable bonds is 1. The predicted octanol–water partition coefficient (Wildman–Crippen LogP) is 4.75. The summed E-state index contributed by atoms with van der Waals surface area (Å²) in [6, 6.07) is 30.4. The fourth-order valence-corrected chi connectivity index (χ4v) is 8.62. The van der Waals surface area contributed by atoms with Crippen LogP contribution < -0.4 is 18.7 Å². The Kier molecular flexibility index (Phi) is 3.62. The summed E-state index contributed by atoms with van der Waals surface area (Å²) >= 11 is 0. The van der Waals surface area contributed by atoms with Crippen molar-refractivity contribution in [2.75, 3.05) is 0 Å². The lowest BCUT2D eigenvalue weighted by Gasteiger charge is -2.33. The quantitative estimate of drug-likeness (QED) is 0.274. The van der Waals surface area contributed by atoms with Crippen molar-refractivity contribution in [3.8, 4) is 51.2 Å². The van der Waals surface area contributed by atoms with E-state index in [9.17, 15) is 8.42 Å². The molecule has 194 valence electrons. The molecular formula is C32H18N4O4S+2. The monoisotopic (exact) mass is 554 g/mol. The van der Waals surface area contributed by atoms with Gasteiger partial charge in [-0.25, -0.2) is 8.42 Å². The Morgan fingerprint density at radius 1 is 0.732 bits per heavy atom. The number of benzene rings is 4. The number of nitrogens with zero attached hydrogens (tertiary/aromatic N) is 4. The Hall–Kier alpha value is -5.28. The van der Waals surface area contributed by atoms with Gasteiger partial charge < -0.3 is 9.47 Å². The molecule has 1 unspecified atom stereocenters. The number of hydrogen-bond acceptors (Lipinski definition) is 5. The van der Waals surface area contributed by atoms with Gasteiger partial charge in [0.1, 0.15) is 17.2 Å². The normalized spacial score (nSPS) is 18.6. The highest BCUT2D eigenvalue weighted by Crippen LogP contribution is 2.55. The summed E-state index contributed by atoms with van der Waals surface area (Å²) in [5, 5.41) is 5.06. The third-order valence-electron chi connectivity index (χ3n) is 8.53. The van der Waals surface area contributed by atoms with Crippen molar-refractivity contribution in [3.05, 3.63) is 121 Å². The highest BCUT2D eigenvalue weighted by molar-refractivity contribution is 7.92. The smallest absolute Gasteiger partial charge is 0.395 e. The van der Waals surface area contributed by atoms with Crippen molar-refractivity contribution in [1.82, 2.24) is 9.90 Å². The Bertz CT molecular complexity index is 2300. The fraction of sp³-hybridized carbons (Fsp3) is 0.0312. The van der Waals surface area contributed by atoms with Gasteiger partial charge in [0.2, 0.25) is 15.5 Å². The predicted molar refractivity (Wildman–Crippen MR) is 145 cm³/mol. The molecule has 4 aliphatic heterocycles. The zero-order valence-electron chi connectivity index (χ0n) is 21.2. The van der Waals surface area contributed by atoms with E-state index in [0.29, 0.717) is 38.4 Å². The van der Waals surface area contributed by atoms with Crippen LogP contribution in [0.15, 0.2) is 119 Å². The lowest BCUT2D eigenvalue weighted by atomic mass is 9.85. The van der Waals surface area contributed by atoms with E-state index in [4.69, 9.17) is 14.6 Å².